The zero-order valence-electron chi connectivity index (χ0n) is 16.6. The highest BCUT2D eigenvalue weighted by atomic mass is 127. The van der Waals surface area contributed by atoms with Gasteiger partial charge >= 0.3 is 0 Å². The molecule has 0 aliphatic rings. The average Bonchev–Trinajstić information content (AvgIpc) is 2.66. The zero-order chi connectivity index (χ0) is 19.4. The first-order valence-corrected chi connectivity index (χ1v) is 10.7. The van der Waals surface area contributed by atoms with E-state index in [9.17, 15) is 0 Å². The van der Waals surface area contributed by atoms with Gasteiger partial charge in [0, 0.05) is 15.8 Å². The van der Waals surface area contributed by atoms with E-state index in [1.807, 2.05) is 0 Å². The van der Waals surface area contributed by atoms with Gasteiger partial charge in [-0.3, -0.25) is 0 Å². The lowest BCUT2D eigenvalue weighted by Gasteiger charge is -2.23. The van der Waals surface area contributed by atoms with Crippen molar-refractivity contribution in [2.45, 2.75) is 46.1 Å². The van der Waals surface area contributed by atoms with Gasteiger partial charge in [-0.2, -0.15) is 0 Å². The third kappa shape index (κ3) is 4.92. The van der Waals surface area contributed by atoms with E-state index in [-0.39, 0.29) is 0 Å². The predicted octanol–water partition coefficient (Wildman–Crippen LogP) is 7.82. The van der Waals surface area contributed by atoms with Crippen LogP contribution in [0.3, 0.4) is 0 Å². The van der Waals surface area contributed by atoms with Gasteiger partial charge in [-0.05, 0) is 86.5 Å². The molecule has 0 spiro atoms. The Morgan fingerprint density at radius 1 is 0.741 bits per heavy atom. The van der Waals surface area contributed by atoms with E-state index >= 15 is 0 Å². The molecule has 0 bridgehead atoms. The number of anilines is 1. The van der Waals surface area contributed by atoms with Crippen LogP contribution in [0.2, 0.25) is 0 Å². The summed E-state index contributed by atoms with van der Waals surface area (Å²) in [6.07, 6.45) is 0. The predicted molar refractivity (Wildman–Crippen MR) is 127 cm³/mol. The zero-order valence-corrected chi connectivity index (χ0v) is 18.7. The summed E-state index contributed by atoms with van der Waals surface area (Å²) in [5, 5.41) is 3.76. The van der Waals surface area contributed by atoms with Crippen molar-refractivity contribution in [3.63, 3.8) is 0 Å². The van der Waals surface area contributed by atoms with Gasteiger partial charge in [0.05, 0.1) is 0 Å². The molecule has 27 heavy (non-hydrogen) atoms. The molecule has 0 aliphatic heterocycles. The molecule has 140 valence electrons. The maximum Gasteiger partial charge on any atom is 0.0413 e. The highest BCUT2D eigenvalue weighted by molar-refractivity contribution is 14.1. The minimum Gasteiger partial charge on any atom is -0.381 e. The summed E-state index contributed by atoms with van der Waals surface area (Å²) < 4.78 is 1.28. The van der Waals surface area contributed by atoms with E-state index in [0.29, 0.717) is 11.8 Å². The van der Waals surface area contributed by atoms with Crippen LogP contribution in [0.15, 0.2) is 66.7 Å². The Hall–Kier alpha value is -1.81. The summed E-state index contributed by atoms with van der Waals surface area (Å²) in [5.41, 5.74) is 8.00. The molecule has 0 amide bonds. The van der Waals surface area contributed by atoms with Crippen LogP contribution in [0.5, 0.6) is 0 Å². The van der Waals surface area contributed by atoms with Crippen LogP contribution in [0.4, 0.5) is 5.69 Å². The largest absolute Gasteiger partial charge is 0.381 e. The lowest BCUT2D eigenvalue weighted by Crippen LogP contribution is -2.08. The standard InChI is InChI=1S/C25H28IN/c1-17(2)23-14-21(20-10-6-5-7-11-20)15-24(18(3)4)25(23)27-16-19-9-8-12-22(26)13-19/h5-15,17-18,27H,16H2,1-4H3. The molecule has 0 radical (unpaired) electrons. The Kier molecular flexibility index (Phi) is 6.59. The smallest absolute Gasteiger partial charge is 0.0413 e. The van der Waals surface area contributed by atoms with Crippen molar-refractivity contribution in [3.05, 3.63) is 87.0 Å². The molecule has 2 heteroatoms. The molecule has 0 fully saturated rings. The molecule has 3 aromatic rings. The van der Waals surface area contributed by atoms with Gasteiger partial charge in [0.25, 0.3) is 0 Å². The van der Waals surface area contributed by atoms with E-state index in [0.717, 1.165) is 6.54 Å². The topological polar surface area (TPSA) is 12.0 Å². The molecular weight excluding hydrogens is 441 g/mol. The fourth-order valence-electron chi connectivity index (χ4n) is 3.44. The molecular formula is C25H28IN. The Morgan fingerprint density at radius 3 is 1.93 bits per heavy atom. The van der Waals surface area contributed by atoms with Crippen LogP contribution in [0, 0.1) is 3.57 Å². The van der Waals surface area contributed by atoms with Crippen molar-refractivity contribution in [3.8, 4) is 11.1 Å². The second kappa shape index (κ2) is 8.92. The second-order valence-electron chi connectivity index (χ2n) is 7.69. The molecule has 3 rings (SSSR count). The van der Waals surface area contributed by atoms with E-state index in [1.165, 1.54) is 37.1 Å². The van der Waals surface area contributed by atoms with E-state index < -0.39 is 0 Å². The summed E-state index contributed by atoms with van der Waals surface area (Å²) in [6, 6.07) is 24.1. The van der Waals surface area contributed by atoms with Crippen LogP contribution >= 0.6 is 22.6 Å². The molecule has 3 aromatic carbocycles. The molecule has 0 saturated heterocycles. The average molecular weight is 469 g/mol. The van der Waals surface area contributed by atoms with Crippen molar-refractivity contribution in [2.75, 3.05) is 5.32 Å². The van der Waals surface area contributed by atoms with Gasteiger partial charge in [0.15, 0.2) is 0 Å². The number of rotatable bonds is 6. The Balaban J connectivity index is 2.03. The van der Waals surface area contributed by atoms with Gasteiger partial charge < -0.3 is 5.32 Å². The van der Waals surface area contributed by atoms with Crippen LogP contribution in [-0.4, -0.2) is 0 Å². The van der Waals surface area contributed by atoms with Crippen LogP contribution < -0.4 is 5.32 Å². The highest BCUT2D eigenvalue weighted by Crippen LogP contribution is 2.37. The quantitative estimate of drug-likeness (QED) is 0.363. The van der Waals surface area contributed by atoms with Crippen molar-refractivity contribution in [2.24, 2.45) is 0 Å². The van der Waals surface area contributed by atoms with E-state index in [4.69, 9.17) is 0 Å². The maximum atomic E-state index is 3.76. The van der Waals surface area contributed by atoms with Crippen molar-refractivity contribution >= 4 is 28.3 Å². The highest BCUT2D eigenvalue weighted by Gasteiger charge is 2.16. The molecule has 0 heterocycles. The van der Waals surface area contributed by atoms with Crippen LogP contribution in [0.1, 0.15) is 56.2 Å². The molecule has 0 atom stereocenters. The van der Waals surface area contributed by atoms with Crippen molar-refractivity contribution in [1.29, 1.82) is 0 Å². The van der Waals surface area contributed by atoms with Gasteiger partial charge in [0.2, 0.25) is 0 Å². The molecule has 0 saturated carbocycles. The minimum absolute atomic E-state index is 0.463. The molecule has 1 nitrogen and oxygen atoms in total. The lowest BCUT2D eigenvalue weighted by molar-refractivity contribution is 0.833. The number of nitrogens with one attached hydrogen (secondary N) is 1. The summed E-state index contributed by atoms with van der Waals surface area (Å²) in [7, 11) is 0. The Bertz CT molecular complexity index is 868. The summed E-state index contributed by atoms with van der Waals surface area (Å²) >= 11 is 2.38. The SMILES string of the molecule is CC(C)c1cc(-c2ccccc2)cc(C(C)C)c1NCc1cccc(I)c1. The normalized spacial score (nSPS) is 11.2. The van der Waals surface area contributed by atoms with Gasteiger partial charge in [0.1, 0.15) is 0 Å². The number of halogens is 1. The first kappa shape index (κ1) is 19.9. The minimum atomic E-state index is 0.463. The number of benzene rings is 3. The van der Waals surface area contributed by atoms with Crippen molar-refractivity contribution in [1.82, 2.24) is 0 Å². The van der Waals surface area contributed by atoms with E-state index in [1.54, 1.807) is 0 Å². The summed E-state index contributed by atoms with van der Waals surface area (Å²) in [4.78, 5) is 0. The lowest BCUT2D eigenvalue weighted by atomic mass is 9.88. The van der Waals surface area contributed by atoms with Crippen LogP contribution in [0.25, 0.3) is 11.1 Å². The first-order chi connectivity index (χ1) is 13.0. The Morgan fingerprint density at radius 2 is 1.37 bits per heavy atom. The fraction of sp³-hybridized carbons (Fsp3) is 0.280. The molecule has 1 N–H and O–H groups in total. The number of hydrogen-bond donors (Lipinski definition) is 1. The van der Waals surface area contributed by atoms with E-state index in [2.05, 4.69) is 122 Å². The summed E-state index contributed by atoms with van der Waals surface area (Å²) in [6.45, 7) is 9.98. The Labute approximate surface area is 177 Å². The third-order valence-electron chi connectivity index (χ3n) is 4.91. The summed E-state index contributed by atoms with van der Waals surface area (Å²) in [5.74, 6) is 0.925. The van der Waals surface area contributed by atoms with Gasteiger partial charge in [-0.15, -0.1) is 0 Å². The molecule has 0 aromatic heterocycles. The monoisotopic (exact) mass is 469 g/mol. The third-order valence-corrected chi connectivity index (χ3v) is 5.58. The van der Waals surface area contributed by atoms with Crippen LogP contribution in [-0.2, 0) is 6.54 Å². The fourth-order valence-corrected chi connectivity index (χ4v) is 4.04. The molecule has 0 aliphatic carbocycles. The van der Waals surface area contributed by atoms with Crippen molar-refractivity contribution < 1.29 is 0 Å². The number of hydrogen-bond acceptors (Lipinski definition) is 1. The van der Waals surface area contributed by atoms with Gasteiger partial charge in [-0.25, -0.2) is 0 Å². The maximum absolute atomic E-state index is 3.76. The molecule has 0 unspecified atom stereocenters. The van der Waals surface area contributed by atoms with Gasteiger partial charge in [-0.1, -0.05) is 70.2 Å². The first-order valence-electron chi connectivity index (χ1n) is 9.67. The second-order valence-corrected chi connectivity index (χ2v) is 8.93.